The first-order valence-electron chi connectivity index (χ1n) is 5.14. The van der Waals surface area contributed by atoms with Crippen molar-refractivity contribution < 1.29 is 13.2 Å². The van der Waals surface area contributed by atoms with E-state index in [4.69, 9.17) is 23.2 Å². The van der Waals surface area contributed by atoms with Gasteiger partial charge in [0.1, 0.15) is 5.82 Å². The highest BCUT2D eigenvalue weighted by Gasteiger charge is 2.22. The number of hydrogen-bond acceptors (Lipinski definition) is 0. The van der Waals surface area contributed by atoms with E-state index in [9.17, 15) is 13.2 Å². The van der Waals surface area contributed by atoms with Gasteiger partial charge in [-0.3, -0.25) is 0 Å². The molecule has 0 spiro atoms. The Hall–Kier alpha value is -0.710. The highest BCUT2D eigenvalue weighted by molar-refractivity contribution is 9.10. The molecule has 0 fully saturated rings. The molecule has 0 bridgehead atoms. The summed E-state index contributed by atoms with van der Waals surface area (Å²) in [5.74, 6) is -2.72. The maximum absolute atomic E-state index is 13.8. The third-order valence-electron chi connectivity index (χ3n) is 2.57. The van der Waals surface area contributed by atoms with Gasteiger partial charge in [0.2, 0.25) is 0 Å². The van der Waals surface area contributed by atoms with Crippen LogP contribution in [0.3, 0.4) is 0 Å². The number of benzene rings is 2. The van der Waals surface area contributed by atoms with Crippen LogP contribution in [0.15, 0.2) is 34.8 Å². The fraction of sp³-hybridized carbons (Fsp3) is 0.0769. The number of hydrogen-bond donors (Lipinski definition) is 0. The molecule has 0 aromatic heterocycles. The van der Waals surface area contributed by atoms with Crippen LogP contribution in [0.1, 0.15) is 16.5 Å². The molecule has 19 heavy (non-hydrogen) atoms. The monoisotopic (exact) mass is 368 g/mol. The molecule has 0 amide bonds. The third-order valence-corrected chi connectivity index (χ3v) is 4.04. The Balaban J connectivity index is 2.56. The maximum Gasteiger partial charge on any atom is 0.160 e. The molecule has 2 aromatic carbocycles. The Labute approximate surface area is 126 Å². The highest BCUT2D eigenvalue weighted by atomic mass is 79.9. The summed E-state index contributed by atoms with van der Waals surface area (Å²) in [6, 6.07) is 6.01. The summed E-state index contributed by atoms with van der Waals surface area (Å²) >= 11 is 15.1. The largest absolute Gasteiger partial charge is 0.207 e. The topological polar surface area (TPSA) is 0 Å². The van der Waals surface area contributed by atoms with Crippen molar-refractivity contribution in [3.63, 3.8) is 0 Å². The van der Waals surface area contributed by atoms with Crippen molar-refractivity contribution in [2.45, 2.75) is 5.38 Å². The van der Waals surface area contributed by atoms with E-state index in [-0.39, 0.29) is 16.1 Å². The molecule has 0 saturated heterocycles. The number of rotatable bonds is 2. The van der Waals surface area contributed by atoms with Crippen molar-refractivity contribution in [1.29, 1.82) is 0 Å². The van der Waals surface area contributed by atoms with Crippen molar-refractivity contribution >= 4 is 39.1 Å². The molecule has 0 nitrogen and oxygen atoms in total. The van der Waals surface area contributed by atoms with Crippen LogP contribution in [0.25, 0.3) is 0 Å². The minimum atomic E-state index is -1.09. The van der Waals surface area contributed by atoms with E-state index in [1.54, 1.807) is 6.07 Å². The minimum absolute atomic E-state index is 0.0611. The zero-order valence-electron chi connectivity index (χ0n) is 9.23. The van der Waals surface area contributed by atoms with Crippen LogP contribution in [0.4, 0.5) is 13.2 Å². The Kier molecular flexibility index (Phi) is 4.43. The molecule has 0 saturated carbocycles. The van der Waals surface area contributed by atoms with Gasteiger partial charge in [-0.25, -0.2) is 13.2 Å². The van der Waals surface area contributed by atoms with Gasteiger partial charge in [0.05, 0.1) is 5.38 Å². The lowest BCUT2D eigenvalue weighted by Crippen LogP contribution is -2.01. The first-order valence-corrected chi connectivity index (χ1v) is 6.75. The molecule has 100 valence electrons. The molecule has 0 heterocycles. The SMILES string of the molecule is Fc1cc(Cl)c(C(Cl)c2c(F)cccc2Br)cc1F. The van der Waals surface area contributed by atoms with Crippen molar-refractivity contribution in [2.24, 2.45) is 0 Å². The van der Waals surface area contributed by atoms with Crippen LogP contribution >= 0.6 is 39.1 Å². The Morgan fingerprint density at radius 1 is 1.00 bits per heavy atom. The zero-order chi connectivity index (χ0) is 14.2. The second kappa shape index (κ2) is 5.73. The van der Waals surface area contributed by atoms with Gasteiger partial charge < -0.3 is 0 Å². The maximum atomic E-state index is 13.8. The molecule has 0 aliphatic carbocycles. The molecule has 1 unspecified atom stereocenters. The summed E-state index contributed by atoms with van der Waals surface area (Å²) in [6.07, 6.45) is 0. The molecular formula is C13H6BrCl2F3. The average molecular weight is 370 g/mol. The fourth-order valence-electron chi connectivity index (χ4n) is 1.64. The normalized spacial score (nSPS) is 12.5. The second-order valence-corrected chi connectivity index (χ2v) is 5.48. The van der Waals surface area contributed by atoms with Crippen LogP contribution in [-0.2, 0) is 0 Å². The van der Waals surface area contributed by atoms with Gasteiger partial charge in [-0.15, -0.1) is 11.6 Å². The second-order valence-electron chi connectivity index (χ2n) is 3.79. The van der Waals surface area contributed by atoms with E-state index in [0.717, 1.165) is 12.1 Å². The predicted octanol–water partition coefficient (Wildman–Crippen LogP) is 5.85. The summed E-state index contributed by atoms with van der Waals surface area (Å²) in [4.78, 5) is 0. The number of halogens is 6. The number of alkyl halides is 1. The summed E-state index contributed by atoms with van der Waals surface area (Å²) in [6.45, 7) is 0. The lowest BCUT2D eigenvalue weighted by Gasteiger charge is -2.15. The molecule has 0 aliphatic heterocycles. The standard InChI is InChI=1S/C13H6BrCl2F3/c14-7-2-1-3-9(17)12(7)13(16)6-4-10(18)11(19)5-8(6)15/h1-5,13H. The molecule has 0 aliphatic rings. The van der Waals surface area contributed by atoms with Crippen LogP contribution < -0.4 is 0 Å². The van der Waals surface area contributed by atoms with Gasteiger partial charge in [-0.1, -0.05) is 33.6 Å². The predicted molar refractivity (Wildman–Crippen MR) is 73.2 cm³/mol. The van der Waals surface area contributed by atoms with Crippen LogP contribution in [-0.4, -0.2) is 0 Å². The van der Waals surface area contributed by atoms with Gasteiger partial charge in [0, 0.05) is 15.1 Å². The van der Waals surface area contributed by atoms with Crippen LogP contribution in [0.5, 0.6) is 0 Å². The lowest BCUT2D eigenvalue weighted by molar-refractivity contribution is 0.507. The lowest BCUT2D eigenvalue weighted by atomic mass is 10.0. The van der Waals surface area contributed by atoms with Gasteiger partial charge in [-0.05, 0) is 29.8 Å². The molecule has 2 rings (SSSR count). The molecule has 6 heteroatoms. The van der Waals surface area contributed by atoms with Crippen molar-refractivity contribution in [3.8, 4) is 0 Å². The fourth-order valence-corrected chi connectivity index (χ4v) is 3.06. The quantitative estimate of drug-likeness (QED) is 0.460. The summed E-state index contributed by atoms with van der Waals surface area (Å²) in [5, 5.41) is -1.09. The molecule has 1 atom stereocenters. The molecule has 0 radical (unpaired) electrons. The van der Waals surface area contributed by atoms with E-state index in [0.29, 0.717) is 4.47 Å². The Bertz CT molecular complexity index is 611. The molecule has 2 aromatic rings. The van der Waals surface area contributed by atoms with Gasteiger partial charge in [0.15, 0.2) is 11.6 Å². The molecule has 0 N–H and O–H groups in total. The van der Waals surface area contributed by atoms with E-state index in [2.05, 4.69) is 15.9 Å². The average Bonchev–Trinajstić information content (AvgIpc) is 2.33. The van der Waals surface area contributed by atoms with Crippen molar-refractivity contribution in [2.75, 3.05) is 0 Å². The minimum Gasteiger partial charge on any atom is -0.207 e. The summed E-state index contributed by atoms with van der Waals surface area (Å²) in [5.41, 5.74) is 0.227. The van der Waals surface area contributed by atoms with Gasteiger partial charge >= 0.3 is 0 Å². The third kappa shape index (κ3) is 2.91. The Morgan fingerprint density at radius 3 is 2.26 bits per heavy atom. The van der Waals surface area contributed by atoms with Gasteiger partial charge in [0.25, 0.3) is 0 Å². The van der Waals surface area contributed by atoms with E-state index < -0.39 is 22.8 Å². The smallest absolute Gasteiger partial charge is 0.160 e. The molecular weight excluding hydrogens is 364 g/mol. The first kappa shape index (κ1) is 14.7. The van der Waals surface area contributed by atoms with E-state index >= 15 is 0 Å². The Morgan fingerprint density at radius 2 is 1.63 bits per heavy atom. The zero-order valence-corrected chi connectivity index (χ0v) is 12.3. The van der Waals surface area contributed by atoms with E-state index in [1.165, 1.54) is 12.1 Å². The van der Waals surface area contributed by atoms with Crippen LogP contribution in [0, 0.1) is 17.5 Å². The highest BCUT2D eigenvalue weighted by Crippen LogP contribution is 2.39. The first-order chi connectivity index (χ1) is 8.91. The van der Waals surface area contributed by atoms with Gasteiger partial charge in [-0.2, -0.15) is 0 Å². The van der Waals surface area contributed by atoms with Crippen LogP contribution in [0.2, 0.25) is 5.02 Å². The van der Waals surface area contributed by atoms with Crippen molar-refractivity contribution in [1.82, 2.24) is 0 Å². The summed E-state index contributed by atoms with van der Waals surface area (Å²) in [7, 11) is 0. The summed E-state index contributed by atoms with van der Waals surface area (Å²) < 4.78 is 40.4. The van der Waals surface area contributed by atoms with Crippen molar-refractivity contribution in [3.05, 3.63) is 68.4 Å². The van der Waals surface area contributed by atoms with E-state index in [1.807, 2.05) is 0 Å².